The van der Waals surface area contributed by atoms with E-state index in [-0.39, 0.29) is 17.7 Å². The molecule has 0 atom stereocenters. The van der Waals surface area contributed by atoms with Gasteiger partial charge in [0.25, 0.3) is 5.91 Å². The van der Waals surface area contributed by atoms with Crippen LogP contribution < -0.4 is 10.6 Å². The lowest BCUT2D eigenvalue weighted by molar-refractivity contribution is -0.132. The SMILES string of the molecule is CCN(CC)CCN(CCC(=O)N1CCNCC1)C(=O)c1cccc(NC(C)=O)c1. The summed E-state index contributed by atoms with van der Waals surface area (Å²) in [5.74, 6) is -0.216. The second-order valence-electron chi connectivity index (χ2n) is 7.46. The number of carbonyl (C=O) groups excluding carboxylic acids is 3. The molecule has 0 saturated carbocycles. The largest absolute Gasteiger partial charge is 0.340 e. The van der Waals surface area contributed by atoms with Crippen molar-refractivity contribution in [1.29, 1.82) is 0 Å². The van der Waals surface area contributed by atoms with Crippen molar-refractivity contribution in [1.82, 2.24) is 20.0 Å². The van der Waals surface area contributed by atoms with Gasteiger partial charge in [-0.2, -0.15) is 0 Å². The first-order valence-electron chi connectivity index (χ1n) is 10.8. The van der Waals surface area contributed by atoms with E-state index in [0.717, 1.165) is 32.7 Å². The summed E-state index contributed by atoms with van der Waals surface area (Å²) in [7, 11) is 0. The molecule has 0 unspecified atom stereocenters. The van der Waals surface area contributed by atoms with E-state index in [2.05, 4.69) is 29.4 Å². The third-order valence-electron chi connectivity index (χ3n) is 5.36. The van der Waals surface area contributed by atoms with Gasteiger partial charge >= 0.3 is 0 Å². The van der Waals surface area contributed by atoms with Gasteiger partial charge in [-0.1, -0.05) is 19.9 Å². The number of benzene rings is 1. The summed E-state index contributed by atoms with van der Waals surface area (Å²) in [5, 5.41) is 5.96. The molecule has 2 rings (SSSR count). The predicted octanol–water partition coefficient (Wildman–Crippen LogP) is 1.25. The number of hydrogen-bond donors (Lipinski definition) is 2. The molecule has 8 nitrogen and oxygen atoms in total. The quantitative estimate of drug-likeness (QED) is 0.599. The van der Waals surface area contributed by atoms with Crippen molar-refractivity contribution in [3.05, 3.63) is 29.8 Å². The molecule has 1 heterocycles. The second kappa shape index (κ2) is 12.3. The maximum absolute atomic E-state index is 13.2. The van der Waals surface area contributed by atoms with E-state index < -0.39 is 0 Å². The monoisotopic (exact) mass is 417 g/mol. The topological polar surface area (TPSA) is 85.0 Å². The average molecular weight is 418 g/mol. The van der Waals surface area contributed by atoms with Gasteiger partial charge < -0.3 is 25.3 Å². The van der Waals surface area contributed by atoms with E-state index in [0.29, 0.717) is 43.9 Å². The van der Waals surface area contributed by atoms with Crippen LogP contribution in [0.15, 0.2) is 24.3 Å². The van der Waals surface area contributed by atoms with Gasteiger partial charge in [-0.3, -0.25) is 14.4 Å². The molecule has 1 aromatic rings. The summed E-state index contributed by atoms with van der Waals surface area (Å²) < 4.78 is 0. The van der Waals surface area contributed by atoms with Crippen molar-refractivity contribution < 1.29 is 14.4 Å². The zero-order chi connectivity index (χ0) is 21.9. The van der Waals surface area contributed by atoms with Crippen LogP contribution in [0.25, 0.3) is 0 Å². The molecule has 1 aromatic carbocycles. The molecule has 0 radical (unpaired) electrons. The molecule has 0 aliphatic carbocycles. The molecule has 1 aliphatic heterocycles. The summed E-state index contributed by atoms with van der Waals surface area (Å²) in [5.41, 5.74) is 1.10. The first-order chi connectivity index (χ1) is 14.4. The predicted molar refractivity (Wildman–Crippen MR) is 119 cm³/mol. The Bertz CT molecular complexity index is 714. The highest BCUT2D eigenvalue weighted by Gasteiger charge is 2.21. The molecule has 30 heavy (non-hydrogen) atoms. The van der Waals surface area contributed by atoms with Crippen molar-refractivity contribution >= 4 is 23.4 Å². The van der Waals surface area contributed by atoms with Crippen LogP contribution in [-0.2, 0) is 9.59 Å². The highest BCUT2D eigenvalue weighted by atomic mass is 16.2. The lowest BCUT2D eigenvalue weighted by Gasteiger charge is -2.30. The zero-order valence-corrected chi connectivity index (χ0v) is 18.4. The first kappa shape index (κ1) is 23.8. The van der Waals surface area contributed by atoms with Gasteiger partial charge in [0, 0.05) is 70.4 Å². The number of anilines is 1. The number of hydrogen-bond acceptors (Lipinski definition) is 5. The standard InChI is InChI=1S/C22H35N5O3/c1-4-25(5-2)15-16-27(12-9-21(29)26-13-10-23-11-14-26)22(30)19-7-6-8-20(17-19)24-18(3)28/h6-8,17,23H,4-5,9-16H2,1-3H3,(H,24,28). The van der Waals surface area contributed by atoms with Crippen LogP contribution in [0.4, 0.5) is 5.69 Å². The minimum absolute atomic E-state index is 0.0872. The molecule has 2 N–H and O–H groups in total. The molecule has 3 amide bonds. The fraction of sp³-hybridized carbons (Fsp3) is 0.591. The van der Waals surface area contributed by atoms with Crippen molar-refractivity contribution in [3.8, 4) is 0 Å². The summed E-state index contributed by atoms with van der Waals surface area (Å²) in [6.45, 7) is 12.2. The molecule has 0 aromatic heterocycles. The molecule has 0 spiro atoms. The third-order valence-corrected chi connectivity index (χ3v) is 5.36. The highest BCUT2D eigenvalue weighted by Crippen LogP contribution is 2.14. The molecule has 1 saturated heterocycles. The van der Waals surface area contributed by atoms with E-state index in [1.807, 2.05) is 4.90 Å². The molecule has 1 aliphatic rings. The summed E-state index contributed by atoms with van der Waals surface area (Å²) in [4.78, 5) is 43.0. The Morgan fingerprint density at radius 1 is 1.07 bits per heavy atom. The first-order valence-corrected chi connectivity index (χ1v) is 10.8. The number of nitrogens with one attached hydrogen (secondary N) is 2. The number of carbonyl (C=O) groups is 3. The Labute approximate surface area is 179 Å². The van der Waals surface area contributed by atoms with Crippen LogP contribution >= 0.6 is 0 Å². The van der Waals surface area contributed by atoms with E-state index in [4.69, 9.17) is 0 Å². The smallest absolute Gasteiger partial charge is 0.253 e. The Kier molecular flexibility index (Phi) is 9.76. The minimum atomic E-state index is -0.181. The highest BCUT2D eigenvalue weighted by molar-refractivity contribution is 5.97. The van der Waals surface area contributed by atoms with Crippen molar-refractivity contribution in [3.63, 3.8) is 0 Å². The van der Waals surface area contributed by atoms with Gasteiger partial charge in [0.2, 0.25) is 11.8 Å². The minimum Gasteiger partial charge on any atom is -0.340 e. The van der Waals surface area contributed by atoms with Crippen LogP contribution in [-0.4, -0.2) is 91.3 Å². The molecule has 166 valence electrons. The Morgan fingerprint density at radius 3 is 2.40 bits per heavy atom. The lowest BCUT2D eigenvalue weighted by atomic mass is 10.1. The van der Waals surface area contributed by atoms with Crippen LogP contribution in [0.5, 0.6) is 0 Å². The normalized spacial score (nSPS) is 13.9. The van der Waals surface area contributed by atoms with E-state index in [1.165, 1.54) is 6.92 Å². The number of rotatable bonds is 10. The maximum atomic E-state index is 13.2. The molecule has 8 heteroatoms. The average Bonchev–Trinajstić information content (AvgIpc) is 2.76. The van der Waals surface area contributed by atoms with Crippen LogP contribution in [0, 0.1) is 0 Å². The van der Waals surface area contributed by atoms with Crippen molar-refractivity contribution in [2.75, 3.05) is 64.2 Å². The summed E-state index contributed by atoms with van der Waals surface area (Å²) in [6, 6.07) is 6.95. The molecule has 0 bridgehead atoms. The molecular formula is C22H35N5O3. The lowest BCUT2D eigenvalue weighted by Crippen LogP contribution is -2.47. The van der Waals surface area contributed by atoms with Gasteiger partial charge in [0.15, 0.2) is 0 Å². The number of piperazine rings is 1. The van der Waals surface area contributed by atoms with Gasteiger partial charge in [-0.15, -0.1) is 0 Å². The van der Waals surface area contributed by atoms with Gasteiger partial charge in [0.1, 0.15) is 0 Å². The number of nitrogens with zero attached hydrogens (tertiary/aromatic N) is 3. The van der Waals surface area contributed by atoms with E-state index >= 15 is 0 Å². The van der Waals surface area contributed by atoms with Gasteiger partial charge in [-0.05, 0) is 31.3 Å². The van der Waals surface area contributed by atoms with Gasteiger partial charge in [-0.25, -0.2) is 0 Å². The van der Waals surface area contributed by atoms with Crippen molar-refractivity contribution in [2.45, 2.75) is 27.2 Å². The van der Waals surface area contributed by atoms with Crippen LogP contribution in [0.1, 0.15) is 37.6 Å². The maximum Gasteiger partial charge on any atom is 0.253 e. The van der Waals surface area contributed by atoms with Crippen LogP contribution in [0.2, 0.25) is 0 Å². The Morgan fingerprint density at radius 2 is 1.77 bits per heavy atom. The third kappa shape index (κ3) is 7.42. The fourth-order valence-electron chi connectivity index (χ4n) is 3.54. The summed E-state index contributed by atoms with van der Waals surface area (Å²) >= 11 is 0. The van der Waals surface area contributed by atoms with E-state index in [1.54, 1.807) is 29.2 Å². The second-order valence-corrected chi connectivity index (χ2v) is 7.46. The Balaban J connectivity index is 2.08. The molecular weight excluding hydrogens is 382 g/mol. The number of likely N-dealkylation sites (N-methyl/N-ethyl adjacent to an activating group) is 1. The Hall–Kier alpha value is -2.45. The van der Waals surface area contributed by atoms with E-state index in [9.17, 15) is 14.4 Å². The van der Waals surface area contributed by atoms with Crippen molar-refractivity contribution in [2.24, 2.45) is 0 Å². The van der Waals surface area contributed by atoms with Crippen LogP contribution in [0.3, 0.4) is 0 Å². The molecule has 1 fully saturated rings. The summed E-state index contributed by atoms with van der Waals surface area (Å²) in [6.07, 6.45) is 0.315. The zero-order valence-electron chi connectivity index (χ0n) is 18.4. The number of amides is 3. The fourth-order valence-corrected chi connectivity index (χ4v) is 3.54. The van der Waals surface area contributed by atoms with Gasteiger partial charge in [0.05, 0.1) is 0 Å².